The Morgan fingerprint density at radius 2 is 1.95 bits per heavy atom. The fourth-order valence-corrected chi connectivity index (χ4v) is 2.58. The Labute approximate surface area is 114 Å². The molecule has 0 aliphatic rings. The first-order valence-corrected chi connectivity index (χ1v) is 7.66. The van der Waals surface area contributed by atoms with Crippen molar-refractivity contribution in [2.24, 2.45) is 0 Å². The maximum Gasteiger partial charge on any atom is 0.278 e. The fourth-order valence-electron chi connectivity index (χ4n) is 1.92. The van der Waals surface area contributed by atoms with Gasteiger partial charge in [0.15, 0.2) is 0 Å². The van der Waals surface area contributed by atoms with Crippen molar-refractivity contribution in [3.05, 3.63) is 36.5 Å². The molecular weight excluding hydrogens is 262 g/mol. The number of para-hydroxylation sites is 1. The highest BCUT2D eigenvalue weighted by molar-refractivity contribution is 7.87. The number of hydrogen-bond acceptors (Lipinski definition) is 2. The monoisotopic (exact) mass is 281 g/mol. The predicted octanol–water partition coefficient (Wildman–Crippen LogP) is 1.43. The summed E-state index contributed by atoms with van der Waals surface area (Å²) in [7, 11) is -0.276. The van der Waals surface area contributed by atoms with Gasteiger partial charge in [0.2, 0.25) is 0 Å². The third-order valence-corrected chi connectivity index (χ3v) is 4.55. The van der Waals surface area contributed by atoms with Crippen molar-refractivity contribution in [1.82, 2.24) is 13.6 Å². The second-order valence-electron chi connectivity index (χ2n) is 4.60. The van der Waals surface area contributed by atoms with E-state index in [-0.39, 0.29) is 0 Å². The zero-order valence-corrected chi connectivity index (χ0v) is 12.0. The molecule has 2 aromatic rings. The van der Waals surface area contributed by atoms with Crippen molar-refractivity contribution >= 4 is 21.1 Å². The van der Waals surface area contributed by atoms with Crippen LogP contribution in [-0.4, -0.2) is 37.9 Å². The van der Waals surface area contributed by atoms with E-state index >= 15 is 0 Å². The van der Waals surface area contributed by atoms with Gasteiger partial charge in [0.1, 0.15) is 0 Å². The molecule has 0 spiro atoms. The lowest BCUT2D eigenvalue weighted by Crippen LogP contribution is -2.36. The molecule has 0 unspecified atom stereocenters. The normalized spacial score (nSPS) is 12.4. The smallest absolute Gasteiger partial charge is 0.278 e. The molecule has 0 saturated heterocycles. The maximum atomic E-state index is 11.5. The van der Waals surface area contributed by atoms with Crippen LogP contribution in [0.4, 0.5) is 0 Å². The van der Waals surface area contributed by atoms with Crippen LogP contribution >= 0.6 is 0 Å². The van der Waals surface area contributed by atoms with E-state index in [2.05, 4.69) is 27.5 Å². The topological polar surface area (TPSA) is 54.3 Å². The van der Waals surface area contributed by atoms with Crippen LogP contribution < -0.4 is 4.72 Å². The molecule has 5 nitrogen and oxygen atoms in total. The van der Waals surface area contributed by atoms with Crippen LogP contribution in [0.3, 0.4) is 0 Å². The Morgan fingerprint density at radius 3 is 2.68 bits per heavy atom. The molecule has 104 valence electrons. The lowest BCUT2D eigenvalue weighted by atomic mass is 10.2. The number of aromatic nitrogens is 1. The Hall–Kier alpha value is -1.37. The highest BCUT2D eigenvalue weighted by Crippen LogP contribution is 2.15. The van der Waals surface area contributed by atoms with Gasteiger partial charge in [-0.3, -0.25) is 0 Å². The molecule has 0 atom stereocenters. The molecule has 1 aromatic heterocycles. The van der Waals surface area contributed by atoms with Crippen LogP contribution in [0.5, 0.6) is 0 Å². The highest BCUT2D eigenvalue weighted by Gasteiger charge is 2.11. The van der Waals surface area contributed by atoms with Crippen LogP contribution in [0.15, 0.2) is 36.5 Å². The van der Waals surface area contributed by atoms with Gasteiger partial charge in [-0.25, -0.2) is 4.72 Å². The summed E-state index contributed by atoms with van der Waals surface area (Å²) < 4.78 is 28.9. The highest BCUT2D eigenvalue weighted by atomic mass is 32.2. The Bertz CT molecular complexity index is 647. The summed E-state index contributed by atoms with van der Waals surface area (Å²) >= 11 is 0. The average molecular weight is 281 g/mol. The second kappa shape index (κ2) is 5.73. The Morgan fingerprint density at radius 1 is 1.21 bits per heavy atom. The van der Waals surface area contributed by atoms with Crippen molar-refractivity contribution < 1.29 is 8.42 Å². The van der Waals surface area contributed by atoms with Crippen molar-refractivity contribution in [3.8, 4) is 0 Å². The molecule has 1 heterocycles. The van der Waals surface area contributed by atoms with Gasteiger partial charge in [-0.2, -0.15) is 12.7 Å². The maximum absolute atomic E-state index is 11.5. The molecule has 0 aliphatic carbocycles. The summed E-state index contributed by atoms with van der Waals surface area (Å²) in [4.78, 5) is 0. The van der Waals surface area contributed by atoms with Crippen molar-refractivity contribution in [3.63, 3.8) is 0 Å². The van der Waals surface area contributed by atoms with Gasteiger partial charge in [-0.15, -0.1) is 0 Å². The van der Waals surface area contributed by atoms with E-state index in [1.54, 1.807) is 0 Å². The molecule has 1 N–H and O–H groups in total. The van der Waals surface area contributed by atoms with E-state index in [1.807, 2.05) is 18.3 Å². The average Bonchev–Trinajstić information content (AvgIpc) is 2.78. The number of benzene rings is 1. The van der Waals surface area contributed by atoms with Gasteiger partial charge in [0.25, 0.3) is 10.2 Å². The van der Waals surface area contributed by atoms with Crippen molar-refractivity contribution in [2.45, 2.75) is 13.0 Å². The minimum Gasteiger partial charge on any atom is -0.347 e. The largest absolute Gasteiger partial charge is 0.347 e. The molecule has 6 heteroatoms. The molecule has 1 aromatic carbocycles. The Kier molecular flexibility index (Phi) is 4.24. The first-order chi connectivity index (χ1) is 9.00. The van der Waals surface area contributed by atoms with E-state index in [9.17, 15) is 8.42 Å². The zero-order valence-electron chi connectivity index (χ0n) is 11.2. The van der Waals surface area contributed by atoms with Gasteiger partial charge in [-0.05, 0) is 23.9 Å². The summed E-state index contributed by atoms with van der Waals surface area (Å²) in [5.41, 5.74) is 1.18. The van der Waals surface area contributed by atoms with Gasteiger partial charge >= 0.3 is 0 Å². The van der Waals surface area contributed by atoms with Crippen LogP contribution in [0, 0.1) is 0 Å². The molecule has 0 fully saturated rings. The number of rotatable bonds is 6. The van der Waals surface area contributed by atoms with Crippen molar-refractivity contribution in [1.29, 1.82) is 0 Å². The molecule has 0 bridgehead atoms. The molecule has 0 amide bonds. The molecule has 2 rings (SSSR count). The summed E-state index contributed by atoms with van der Waals surface area (Å²) in [6.45, 7) is 1.23. The summed E-state index contributed by atoms with van der Waals surface area (Å²) in [6, 6.07) is 10.2. The first kappa shape index (κ1) is 14.0. The molecule has 0 saturated carbocycles. The summed E-state index contributed by atoms with van der Waals surface area (Å²) in [5, 5.41) is 1.20. The van der Waals surface area contributed by atoms with E-state index in [0.29, 0.717) is 6.54 Å². The lowest BCUT2D eigenvalue weighted by molar-refractivity contribution is 0.501. The Balaban J connectivity index is 1.90. The molecule has 0 aliphatic heterocycles. The van der Waals surface area contributed by atoms with Gasteiger partial charge in [0.05, 0.1) is 0 Å². The quantitative estimate of drug-likeness (QED) is 0.814. The van der Waals surface area contributed by atoms with Crippen molar-refractivity contribution in [2.75, 3.05) is 20.6 Å². The van der Waals surface area contributed by atoms with E-state index < -0.39 is 10.2 Å². The van der Waals surface area contributed by atoms with E-state index in [1.165, 1.54) is 29.3 Å². The number of aryl methyl sites for hydroxylation is 1. The lowest BCUT2D eigenvalue weighted by Gasteiger charge is -2.12. The molecule has 0 radical (unpaired) electrons. The first-order valence-electron chi connectivity index (χ1n) is 6.22. The van der Waals surface area contributed by atoms with Crippen LogP contribution in [0.2, 0.25) is 0 Å². The van der Waals surface area contributed by atoms with Gasteiger partial charge in [0, 0.05) is 38.9 Å². The zero-order chi connectivity index (χ0) is 13.9. The minimum atomic E-state index is -3.31. The number of nitrogens with zero attached hydrogens (tertiary/aromatic N) is 2. The molecule has 19 heavy (non-hydrogen) atoms. The number of fused-ring (bicyclic) bond motifs is 1. The fraction of sp³-hybridized carbons (Fsp3) is 0.385. The SMILES string of the molecule is CN(C)S(=O)(=O)NCCCn1ccc2ccccc21. The minimum absolute atomic E-state index is 0.438. The van der Waals surface area contributed by atoms with E-state index in [4.69, 9.17) is 0 Å². The third-order valence-electron chi connectivity index (χ3n) is 3.02. The number of nitrogens with one attached hydrogen (secondary N) is 1. The van der Waals surface area contributed by atoms with E-state index in [0.717, 1.165) is 13.0 Å². The van der Waals surface area contributed by atoms with Crippen LogP contribution in [0.1, 0.15) is 6.42 Å². The van der Waals surface area contributed by atoms with Crippen LogP contribution in [-0.2, 0) is 16.8 Å². The number of hydrogen-bond donors (Lipinski definition) is 1. The second-order valence-corrected chi connectivity index (χ2v) is 6.57. The summed E-state index contributed by atoms with van der Waals surface area (Å²) in [5.74, 6) is 0. The summed E-state index contributed by atoms with van der Waals surface area (Å²) in [6.07, 6.45) is 2.79. The van der Waals surface area contributed by atoms with Gasteiger partial charge < -0.3 is 4.57 Å². The molecular formula is C13H19N3O2S. The predicted molar refractivity (Wildman–Crippen MR) is 77.2 cm³/mol. The standard InChI is InChI=1S/C13H19N3O2S/c1-15(2)19(17,18)14-9-5-10-16-11-8-12-6-3-4-7-13(12)16/h3-4,6-8,11,14H,5,9-10H2,1-2H3. The van der Waals surface area contributed by atoms with Crippen LogP contribution in [0.25, 0.3) is 10.9 Å². The third kappa shape index (κ3) is 3.34. The van der Waals surface area contributed by atoms with Gasteiger partial charge in [-0.1, -0.05) is 18.2 Å².